The van der Waals surface area contributed by atoms with Crippen molar-refractivity contribution >= 4 is 35.8 Å². The lowest BCUT2D eigenvalue weighted by Crippen LogP contribution is -2.10. The highest BCUT2D eigenvalue weighted by Gasteiger charge is 2.04. The summed E-state index contributed by atoms with van der Waals surface area (Å²) in [5, 5.41) is 3.10. The Bertz CT molecular complexity index is 426. The molecular weight excluding hydrogens is 233 g/mol. The van der Waals surface area contributed by atoms with E-state index < -0.39 is 0 Å². The Morgan fingerprint density at radius 1 is 1.27 bits per heavy atom. The fourth-order valence-corrected chi connectivity index (χ4v) is 1.51. The number of para-hydroxylation sites is 2. The molecule has 5 heteroatoms. The second-order valence-electron chi connectivity index (χ2n) is 3.11. The van der Waals surface area contributed by atoms with E-state index in [-0.39, 0.29) is 24.8 Å². The molecule has 2 rings (SSSR count). The van der Waals surface area contributed by atoms with Crippen LogP contribution in [0.5, 0.6) is 0 Å². The standard InChI is InChI=1S/C10H13N3.2ClH/c1-11-7-10-12-8-5-3-4-6-9(8)13(10)2;;/h3-6,11H,7H2,1-2H3;2*1H. The quantitative estimate of drug-likeness (QED) is 0.882. The first-order chi connectivity index (χ1) is 6.33. The van der Waals surface area contributed by atoms with Crippen molar-refractivity contribution in [1.29, 1.82) is 0 Å². The van der Waals surface area contributed by atoms with Crippen molar-refractivity contribution in [3.63, 3.8) is 0 Å². The molecule has 3 nitrogen and oxygen atoms in total. The first kappa shape index (κ1) is 14.2. The number of rotatable bonds is 2. The molecule has 0 amide bonds. The highest BCUT2D eigenvalue weighted by Crippen LogP contribution is 2.13. The molecule has 0 atom stereocenters. The Kier molecular flexibility index (Phi) is 5.65. The SMILES string of the molecule is CNCc1nc2ccccc2n1C.Cl.Cl. The third-order valence-electron chi connectivity index (χ3n) is 2.21. The lowest BCUT2D eigenvalue weighted by atomic mass is 10.3. The van der Waals surface area contributed by atoms with Gasteiger partial charge in [-0.05, 0) is 19.2 Å². The van der Waals surface area contributed by atoms with Crippen LogP contribution in [0, 0.1) is 0 Å². The predicted molar refractivity (Wildman–Crippen MR) is 68.0 cm³/mol. The van der Waals surface area contributed by atoms with E-state index in [9.17, 15) is 0 Å². The molecule has 0 spiro atoms. The highest BCUT2D eigenvalue weighted by atomic mass is 35.5. The minimum Gasteiger partial charge on any atom is -0.330 e. The fraction of sp³-hybridized carbons (Fsp3) is 0.300. The topological polar surface area (TPSA) is 29.9 Å². The Morgan fingerprint density at radius 2 is 1.93 bits per heavy atom. The number of hydrogen-bond donors (Lipinski definition) is 1. The number of aryl methyl sites for hydroxylation is 1. The molecule has 0 bridgehead atoms. The van der Waals surface area contributed by atoms with Crippen molar-refractivity contribution in [2.24, 2.45) is 7.05 Å². The summed E-state index contributed by atoms with van der Waals surface area (Å²) in [6.45, 7) is 0.811. The number of nitrogens with one attached hydrogen (secondary N) is 1. The molecule has 1 aromatic heterocycles. The summed E-state index contributed by atoms with van der Waals surface area (Å²) in [6.07, 6.45) is 0. The highest BCUT2D eigenvalue weighted by molar-refractivity contribution is 5.85. The van der Waals surface area contributed by atoms with Crippen molar-refractivity contribution < 1.29 is 0 Å². The van der Waals surface area contributed by atoms with Crippen molar-refractivity contribution in [3.8, 4) is 0 Å². The van der Waals surface area contributed by atoms with Crippen LogP contribution < -0.4 is 5.32 Å². The van der Waals surface area contributed by atoms with E-state index in [1.165, 1.54) is 5.52 Å². The summed E-state index contributed by atoms with van der Waals surface area (Å²) in [4.78, 5) is 4.50. The summed E-state index contributed by atoms with van der Waals surface area (Å²) in [6, 6.07) is 8.17. The monoisotopic (exact) mass is 247 g/mol. The van der Waals surface area contributed by atoms with Crippen molar-refractivity contribution in [2.45, 2.75) is 6.54 Å². The van der Waals surface area contributed by atoms with E-state index in [0.29, 0.717) is 0 Å². The molecule has 84 valence electrons. The first-order valence-corrected chi connectivity index (χ1v) is 4.38. The van der Waals surface area contributed by atoms with Gasteiger partial charge in [-0.15, -0.1) is 24.8 Å². The van der Waals surface area contributed by atoms with E-state index in [2.05, 4.69) is 20.9 Å². The predicted octanol–water partition coefficient (Wildman–Crippen LogP) is 2.14. The molecule has 15 heavy (non-hydrogen) atoms. The average Bonchev–Trinajstić information content (AvgIpc) is 2.46. The van der Waals surface area contributed by atoms with E-state index in [1.807, 2.05) is 32.3 Å². The number of benzene rings is 1. The fourth-order valence-electron chi connectivity index (χ4n) is 1.51. The van der Waals surface area contributed by atoms with Gasteiger partial charge in [-0.25, -0.2) is 4.98 Å². The lowest BCUT2D eigenvalue weighted by Gasteiger charge is -1.99. The number of halogens is 2. The van der Waals surface area contributed by atoms with Crippen LogP contribution in [0.15, 0.2) is 24.3 Å². The molecule has 1 aromatic carbocycles. The first-order valence-electron chi connectivity index (χ1n) is 4.38. The summed E-state index contributed by atoms with van der Waals surface area (Å²) in [7, 11) is 3.97. The third kappa shape index (κ3) is 2.62. The molecular formula is C10H15Cl2N3. The second-order valence-corrected chi connectivity index (χ2v) is 3.11. The molecule has 1 N–H and O–H groups in total. The molecule has 0 fully saturated rings. The van der Waals surface area contributed by atoms with Crippen LogP contribution in [0.2, 0.25) is 0 Å². The molecule has 1 heterocycles. The zero-order valence-electron chi connectivity index (χ0n) is 8.73. The van der Waals surface area contributed by atoms with Crippen LogP contribution in [-0.2, 0) is 13.6 Å². The summed E-state index contributed by atoms with van der Waals surface area (Å²) in [5.74, 6) is 1.07. The van der Waals surface area contributed by atoms with Crippen molar-refractivity contribution in [2.75, 3.05) is 7.05 Å². The van der Waals surface area contributed by atoms with E-state index in [0.717, 1.165) is 17.9 Å². The summed E-state index contributed by atoms with van der Waals surface area (Å²) in [5.41, 5.74) is 2.25. The third-order valence-corrected chi connectivity index (χ3v) is 2.21. The Hall–Kier alpha value is -0.770. The normalized spacial score (nSPS) is 9.47. The maximum Gasteiger partial charge on any atom is 0.123 e. The van der Waals surface area contributed by atoms with Gasteiger partial charge in [0.2, 0.25) is 0 Å². The van der Waals surface area contributed by atoms with Gasteiger partial charge in [0.25, 0.3) is 0 Å². The van der Waals surface area contributed by atoms with E-state index in [4.69, 9.17) is 0 Å². The van der Waals surface area contributed by atoms with Gasteiger partial charge in [-0.2, -0.15) is 0 Å². The van der Waals surface area contributed by atoms with Gasteiger partial charge in [-0.1, -0.05) is 12.1 Å². The van der Waals surface area contributed by atoms with Crippen LogP contribution in [0.4, 0.5) is 0 Å². The van der Waals surface area contributed by atoms with E-state index >= 15 is 0 Å². The molecule has 0 aliphatic rings. The molecule has 2 aromatic rings. The molecule has 0 saturated heterocycles. The Morgan fingerprint density at radius 3 is 2.53 bits per heavy atom. The van der Waals surface area contributed by atoms with E-state index in [1.54, 1.807) is 0 Å². The van der Waals surface area contributed by atoms with Crippen LogP contribution in [-0.4, -0.2) is 16.6 Å². The molecule has 0 aliphatic heterocycles. The minimum absolute atomic E-state index is 0. The van der Waals surface area contributed by atoms with Gasteiger partial charge in [0.05, 0.1) is 17.6 Å². The van der Waals surface area contributed by atoms with Crippen LogP contribution >= 0.6 is 24.8 Å². The zero-order chi connectivity index (χ0) is 9.26. The maximum atomic E-state index is 4.50. The van der Waals surface area contributed by atoms with Crippen LogP contribution in [0.3, 0.4) is 0 Å². The smallest absolute Gasteiger partial charge is 0.123 e. The van der Waals surface area contributed by atoms with Crippen LogP contribution in [0.1, 0.15) is 5.82 Å². The van der Waals surface area contributed by atoms with Crippen LogP contribution in [0.25, 0.3) is 11.0 Å². The van der Waals surface area contributed by atoms with Gasteiger partial charge in [0.15, 0.2) is 0 Å². The van der Waals surface area contributed by atoms with Crippen molar-refractivity contribution in [1.82, 2.24) is 14.9 Å². The minimum atomic E-state index is 0. The zero-order valence-corrected chi connectivity index (χ0v) is 10.4. The number of nitrogens with zero attached hydrogens (tertiary/aromatic N) is 2. The van der Waals surface area contributed by atoms with Gasteiger partial charge >= 0.3 is 0 Å². The van der Waals surface area contributed by atoms with Gasteiger partial charge < -0.3 is 9.88 Å². The largest absolute Gasteiger partial charge is 0.330 e. The second kappa shape index (κ2) is 5.95. The van der Waals surface area contributed by atoms with Gasteiger partial charge in [0.1, 0.15) is 5.82 Å². The van der Waals surface area contributed by atoms with Crippen molar-refractivity contribution in [3.05, 3.63) is 30.1 Å². The summed E-state index contributed by atoms with van der Waals surface area (Å²) >= 11 is 0. The Labute approximate surface area is 102 Å². The maximum absolute atomic E-state index is 4.50. The van der Waals surface area contributed by atoms with Gasteiger partial charge in [-0.3, -0.25) is 0 Å². The number of hydrogen-bond acceptors (Lipinski definition) is 2. The Balaban J connectivity index is 0.000000980. The van der Waals surface area contributed by atoms with Gasteiger partial charge in [0, 0.05) is 7.05 Å². The number of aromatic nitrogens is 2. The molecule has 0 radical (unpaired) electrons. The molecule has 0 saturated carbocycles. The number of imidazole rings is 1. The summed E-state index contributed by atoms with van der Waals surface area (Å²) < 4.78 is 2.12. The lowest BCUT2D eigenvalue weighted by molar-refractivity contribution is 0.719. The average molecular weight is 248 g/mol. The molecule has 0 aliphatic carbocycles. The molecule has 0 unspecified atom stereocenters. The number of fused-ring (bicyclic) bond motifs is 1.